The van der Waals surface area contributed by atoms with Crippen molar-refractivity contribution in [2.75, 3.05) is 7.05 Å². The Balaban J connectivity index is 2.16. The summed E-state index contributed by atoms with van der Waals surface area (Å²) in [4.78, 5) is 1.30. The lowest BCUT2D eigenvalue weighted by Gasteiger charge is -2.21. The van der Waals surface area contributed by atoms with E-state index in [1.54, 1.807) is 0 Å². The first kappa shape index (κ1) is 13.5. The van der Waals surface area contributed by atoms with Crippen LogP contribution in [0, 0.1) is 16.7 Å². The Bertz CT molecular complexity index is 441. The zero-order valence-corrected chi connectivity index (χ0v) is 12.1. The summed E-state index contributed by atoms with van der Waals surface area (Å²) in [5, 5.41) is 13.2. The summed E-state index contributed by atoms with van der Waals surface area (Å²) >= 11 is 1.87. The third kappa shape index (κ3) is 2.71. The summed E-state index contributed by atoms with van der Waals surface area (Å²) in [6, 6.07) is 11.3. The summed E-state index contributed by atoms with van der Waals surface area (Å²) < 4.78 is 0. The van der Waals surface area contributed by atoms with E-state index in [9.17, 15) is 5.26 Å². The molecule has 0 heterocycles. The molecule has 0 radical (unpaired) electrons. The minimum Gasteiger partial charge on any atom is -0.312 e. The Morgan fingerprint density at radius 1 is 1.28 bits per heavy atom. The Hall–Kier alpha value is -0.980. The van der Waals surface area contributed by atoms with Crippen LogP contribution in [-0.2, 0) is 0 Å². The number of nitriles is 1. The van der Waals surface area contributed by atoms with Crippen molar-refractivity contribution < 1.29 is 0 Å². The fourth-order valence-electron chi connectivity index (χ4n) is 2.37. The highest BCUT2D eigenvalue weighted by Gasteiger charge is 2.50. The number of rotatable bonds is 5. The molecule has 2 rings (SSSR count). The number of hydrogen-bond donors (Lipinski definition) is 1. The maximum Gasteiger partial charge on any atom is 0.0769 e. The number of benzene rings is 1. The molecule has 0 spiro atoms. The fourth-order valence-corrected chi connectivity index (χ4v) is 3.21. The van der Waals surface area contributed by atoms with E-state index in [2.05, 4.69) is 49.5 Å². The maximum atomic E-state index is 9.30. The van der Waals surface area contributed by atoms with Crippen LogP contribution >= 0.6 is 11.8 Å². The lowest BCUT2D eigenvalue weighted by Crippen LogP contribution is -2.25. The van der Waals surface area contributed by atoms with Crippen molar-refractivity contribution in [1.29, 1.82) is 5.26 Å². The highest BCUT2D eigenvalue weighted by atomic mass is 32.2. The molecular formula is C15H20N2S. The van der Waals surface area contributed by atoms with Gasteiger partial charge in [0.25, 0.3) is 0 Å². The maximum absolute atomic E-state index is 9.30. The summed E-state index contributed by atoms with van der Waals surface area (Å²) in [7, 11) is 1.94. The Kier molecular flexibility index (Phi) is 3.99. The number of nitrogens with zero attached hydrogens (tertiary/aromatic N) is 1. The second-order valence-corrected chi connectivity index (χ2v) is 6.88. The van der Waals surface area contributed by atoms with E-state index in [0.717, 1.165) is 12.8 Å². The van der Waals surface area contributed by atoms with E-state index in [-0.39, 0.29) is 11.5 Å². The van der Waals surface area contributed by atoms with E-state index in [4.69, 9.17) is 0 Å². The van der Waals surface area contributed by atoms with Gasteiger partial charge < -0.3 is 5.32 Å². The van der Waals surface area contributed by atoms with Gasteiger partial charge in [0, 0.05) is 10.1 Å². The molecule has 96 valence electrons. The Morgan fingerprint density at radius 2 is 1.89 bits per heavy atom. The molecule has 0 bridgehead atoms. The van der Waals surface area contributed by atoms with Gasteiger partial charge in [-0.25, -0.2) is 0 Å². The summed E-state index contributed by atoms with van der Waals surface area (Å²) in [6.45, 7) is 4.40. The number of thioether (sulfide) groups is 1. The van der Waals surface area contributed by atoms with Gasteiger partial charge in [-0.05, 0) is 37.6 Å². The van der Waals surface area contributed by atoms with Crippen molar-refractivity contribution in [3.63, 3.8) is 0 Å². The molecule has 1 aromatic rings. The molecular weight excluding hydrogens is 240 g/mol. The second kappa shape index (κ2) is 5.34. The molecule has 1 aliphatic carbocycles. The molecule has 1 N–H and O–H groups in total. The first-order chi connectivity index (χ1) is 8.61. The van der Waals surface area contributed by atoms with E-state index in [1.165, 1.54) is 10.5 Å². The van der Waals surface area contributed by atoms with Crippen LogP contribution in [0.15, 0.2) is 29.2 Å². The smallest absolute Gasteiger partial charge is 0.0769 e. The molecule has 1 unspecified atom stereocenters. The predicted molar refractivity (Wildman–Crippen MR) is 76.5 cm³/mol. The van der Waals surface area contributed by atoms with E-state index >= 15 is 0 Å². The molecule has 18 heavy (non-hydrogen) atoms. The highest BCUT2D eigenvalue weighted by Crippen LogP contribution is 2.54. The van der Waals surface area contributed by atoms with Crippen LogP contribution in [0.4, 0.5) is 0 Å². The molecule has 0 aromatic heterocycles. The Labute approximate surface area is 114 Å². The molecule has 1 aliphatic rings. The molecule has 1 saturated carbocycles. The molecule has 0 saturated heterocycles. The second-order valence-electron chi connectivity index (χ2n) is 5.23. The Morgan fingerprint density at radius 3 is 2.28 bits per heavy atom. The third-order valence-corrected chi connectivity index (χ3v) is 4.45. The lowest BCUT2D eigenvalue weighted by molar-refractivity contribution is 0.444. The van der Waals surface area contributed by atoms with Gasteiger partial charge in [-0.3, -0.25) is 0 Å². The van der Waals surface area contributed by atoms with Gasteiger partial charge in [0.15, 0.2) is 0 Å². The summed E-state index contributed by atoms with van der Waals surface area (Å²) in [5.41, 5.74) is 1.06. The van der Waals surface area contributed by atoms with Gasteiger partial charge in [0.05, 0.1) is 17.5 Å². The van der Waals surface area contributed by atoms with E-state index < -0.39 is 0 Å². The average molecular weight is 260 g/mol. The van der Waals surface area contributed by atoms with Crippen LogP contribution in [0.1, 0.15) is 38.3 Å². The minimum atomic E-state index is -0.165. The van der Waals surface area contributed by atoms with E-state index in [1.807, 2.05) is 18.8 Å². The van der Waals surface area contributed by atoms with Crippen LogP contribution < -0.4 is 5.32 Å². The van der Waals surface area contributed by atoms with Crippen LogP contribution in [0.2, 0.25) is 0 Å². The number of nitrogens with one attached hydrogen (secondary N) is 1. The monoisotopic (exact) mass is 260 g/mol. The topological polar surface area (TPSA) is 35.8 Å². The fraction of sp³-hybridized carbons (Fsp3) is 0.533. The third-order valence-electron chi connectivity index (χ3n) is 3.44. The summed E-state index contributed by atoms with van der Waals surface area (Å²) in [5.74, 6) is 0. The molecule has 0 amide bonds. The first-order valence-corrected chi connectivity index (χ1v) is 7.34. The lowest BCUT2D eigenvalue weighted by atomic mass is 9.91. The van der Waals surface area contributed by atoms with Crippen LogP contribution in [0.5, 0.6) is 0 Å². The van der Waals surface area contributed by atoms with Crippen molar-refractivity contribution in [3.8, 4) is 6.07 Å². The highest BCUT2D eigenvalue weighted by molar-refractivity contribution is 7.99. The van der Waals surface area contributed by atoms with Crippen LogP contribution in [0.3, 0.4) is 0 Å². The van der Waals surface area contributed by atoms with Crippen LogP contribution in [0.25, 0.3) is 0 Å². The SMILES string of the molecule is CNC(c1ccc(SC(C)C)cc1)C1(C#N)CC1. The molecule has 1 fully saturated rings. The van der Waals surface area contributed by atoms with Crippen LogP contribution in [-0.4, -0.2) is 12.3 Å². The standard InChI is InChI=1S/C15H20N2S/c1-11(2)18-13-6-4-12(5-7-13)14(17-3)15(10-16)8-9-15/h4-7,11,14,17H,8-9H2,1-3H3. The van der Waals surface area contributed by atoms with Crippen molar-refractivity contribution in [2.45, 2.75) is 42.9 Å². The summed E-state index contributed by atoms with van der Waals surface area (Å²) in [6.07, 6.45) is 2.02. The van der Waals surface area contributed by atoms with Gasteiger partial charge in [0.1, 0.15) is 0 Å². The minimum absolute atomic E-state index is 0.165. The van der Waals surface area contributed by atoms with Crippen molar-refractivity contribution in [3.05, 3.63) is 29.8 Å². The molecule has 1 aromatic carbocycles. The van der Waals surface area contributed by atoms with Crippen molar-refractivity contribution >= 4 is 11.8 Å². The molecule has 3 heteroatoms. The van der Waals surface area contributed by atoms with Gasteiger partial charge >= 0.3 is 0 Å². The largest absolute Gasteiger partial charge is 0.312 e. The number of hydrogen-bond acceptors (Lipinski definition) is 3. The van der Waals surface area contributed by atoms with Gasteiger partial charge in [0.2, 0.25) is 0 Å². The molecule has 1 atom stereocenters. The zero-order chi connectivity index (χ0) is 13.2. The normalized spacial score (nSPS) is 18.4. The quantitative estimate of drug-likeness (QED) is 0.819. The van der Waals surface area contributed by atoms with Crippen molar-refractivity contribution in [2.24, 2.45) is 5.41 Å². The van der Waals surface area contributed by atoms with Gasteiger partial charge in [-0.15, -0.1) is 11.8 Å². The predicted octanol–water partition coefficient (Wildman–Crippen LogP) is 3.75. The van der Waals surface area contributed by atoms with Crippen molar-refractivity contribution in [1.82, 2.24) is 5.32 Å². The zero-order valence-electron chi connectivity index (χ0n) is 11.2. The van der Waals surface area contributed by atoms with Gasteiger partial charge in [-0.2, -0.15) is 5.26 Å². The molecule has 2 nitrogen and oxygen atoms in total. The molecule has 0 aliphatic heterocycles. The first-order valence-electron chi connectivity index (χ1n) is 6.46. The van der Waals surface area contributed by atoms with E-state index in [0.29, 0.717) is 5.25 Å². The average Bonchev–Trinajstić information content (AvgIpc) is 3.13. The van der Waals surface area contributed by atoms with Gasteiger partial charge in [-0.1, -0.05) is 26.0 Å².